The fraction of sp³-hybridized carbons (Fsp3) is 0.467. The first kappa shape index (κ1) is 28.9. The van der Waals surface area contributed by atoms with Crippen LogP contribution in [-0.2, 0) is 24.2 Å². The lowest BCUT2D eigenvalue weighted by molar-refractivity contribution is -0.113. The number of nitrogens with one attached hydrogen (secondary N) is 1. The van der Waals surface area contributed by atoms with Gasteiger partial charge in [0.05, 0.1) is 17.9 Å². The summed E-state index contributed by atoms with van der Waals surface area (Å²) in [7, 11) is 0. The number of thiophene rings is 1. The molecular weight excluding hydrogens is 526 g/mol. The Hall–Kier alpha value is -3.09. The maximum absolute atomic E-state index is 13.0. The lowest BCUT2D eigenvalue weighted by Crippen LogP contribution is -2.26. The van der Waals surface area contributed by atoms with Crippen LogP contribution in [0, 0.1) is 22.7 Å². The van der Waals surface area contributed by atoms with Crippen molar-refractivity contribution in [3.63, 3.8) is 0 Å². The summed E-state index contributed by atoms with van der Waals surface area (Å²) < 4.78 is 7.72. The van der Waals surface area contributed by atoms with E-state index >= 15 is 0 Å². The van der Waals surface area contributed by atoms with E-state index in [9.17, 15) is 10.1 Å². The monoisotopic (exact) mass is 563 g/mol. The molecule has 1 aromatic carbocycles. The van der Waals surface area contributed by atoms with Crippen LogP contribution in [0.3, 0.4) is 0 Å². The molecule has 1 atom stereocenters. The third-order valence-electron chi connectivity index (χ3n) is 7.09. The van der Waals surface area contributed by atoms with Crippen molar-refractivity contribution >= 4 is 34.0 Å². The number of carbonyl (C=O) groups excluding carboxylic acids is 1. The number of rotatable bonds is 11. The number of allylic oxidation sites excluding steroid dienone is 1. The van der Waals surface area contributed by atoms with Gasteiger partial charge >= 0.3 is 0 Å². The van der Waals surface area contributed by atoms with Crippen LogP contribution in [0.15, 0.2) is 42.1 Å². The zero-order chi connectivity index (χ0) is 28.0. The number of unbranched alkanes of at least 4 members (excludes halogenated alkanes) is 1. The molecule has 0 radical (unpaired) electrons. The standard InChI is InChI=1S/C30H37N5O2S2/c1-6-8-16-37-22-12-9-20(10-13-22)27-33-34-29(35(27)15-7-2)38-19-26(36)32-28-24(18-31)23-14-11-21(30(3,4)5)17-25(23)39-28/h7,9-10,12-13,21H,2,6,8,11,14-17,19H2,1,3-5H3,(H,32,36). The molecule has 1 unspecified atom stereocenters. The van der Waals surface area contributed by atoms with E-state index in [0.717, 1.165) is 49.0 Å². The van der Waals surface area contributed by atoms with E-state index in [1.54, 1.807) is 17.4 Å². The number of carbonyl (C=O) groups is 1. The maximum Gasteiger partial charge on any atom is 0.235 e. The maximum atomic E-state index is 13.0. The van der Waals surface area contributed by atoms with Gasteiger partial charge in [-0.3, -0.25) is 9.36 Å². The van der Waals surface area contributed by atoms with Crippen LogP contribution in [0.1, 0.15) is 63.0 Å². The Morgan fingerprint density at radius 2 is 2.10 bits per heavy atom. The second-order valence-corrected chi connectivity index (χ2v) is 12.9. The molecule has 206 valence electrons. The fourth-order valence-electron chi connectivity index (χ4n) is 4.76. The summed E-state index contributed by atoms with van der Waals surface area (Å²) in [6.07, 6.45) is 6.82. The van der Waals surface area contributed by atoms with E-state index in [1.807, 2.05) is 28.8 Å². The smallest absolute Gasteiger partial charge is 0.235 e. The highest BCUT2D eigenvalue weighted by Crippen LogP contribution is 2.44. The zero-order valence-corrected chi connectivity index (χ0v) is 24.9. The molecule has 1 amide bonds. The molecule has 2 heterocycles. The number of aromatic nitrogens is 3. The molecule has 0 spiro atoms. The van der Waals surface area contributed by atoms with Crippen molar-refractivity contribution in [2.75, 3.05) is 17.7 Å². The van der Waals surface area contributed by atoms with Gasteiger partial charge in [-0.25, -0.2) is 0 Å². The minimum absolute atomic E-state index is 0.161. The molecule has 9 heteroatoms. The van der Waals surface area contributed by atoms with Crippen LogP contribution in [0.25, 0.3) is 11.4 Å². The second-order valence-electron chi connectivity index (χ2n) is 10.9. The van der Waals surface area contributed by atoms with Gasteiger partial charge < -0.3 is 10.1 Å². The van der Waals surface area contributed by atoms with Crippen LogP contribution in [0.4, 0.5) is 5.00 Å². The minimum atomic E-state index is -0.161. The number of fused-ring (bicyclic) bond motifs is 1. The van der Waals surface area contributed by atoms with Gasteiger partial charge in [-0.05, 0) is 66.8 Å². The van der Waals surface area contributed by atoms with Gasteiger partial charge in [-0.1, -0.05) is 52.0 Å². The lowest BCUT2D eigenvalue weighted by atomic mass is 9.72. The number of hydrogen-bond acceptors (Lipinski definition) is 7. The number of anilines is 1. The molecule has 4 rings (SSSR count). The zero-order valence-electron chi connectivity index (χ0n) is 23.2. The van der Waals surface area contributed by atoms with Crippen LogP contribution < -0.4 is 10.1 Å². The number of nitrogens with zero attached hydrogens (tertiary/aromatic N) is 4. The van der Waals surface area contributed by atoms with Crippen molar-refractivity contribution in [1.29, 1.82) is 5.26 Å². The van der Waals surface area contributed by atoms with Crippen molar-refractivity contribution < 1.29 is 9.53 Å². The Balaban J connectivity index is 1.43. The predicted molar refractivity (Wildman–Crippen MR) is 159 cm³/mol. The summed E-state index contributed by atoms with van der Waals surface area (Å²) in [5.41, 5.74) is 2.88. The molecular formula is C30H37N5O2S2. The van der Waals surface area contributed by atoms with E-state index in [4.69, 9.17) is 4.74 Å². The first-order valence-electron chi connectivity index (χ1n) is 13.5. The topological polar surface area (TPSA) is 92.8 Å². The number of thioether (sulfide) groups is 1. The van der Waals surface area contributed by atoms with Crippen molar-refractivity contribution in [2.24, 2.45) is 11.3 Å². The minimum Gasteiger partial charge on any atom is -0.494 e. The number of ether oxygens (including phenoxy) is 1. The van der Waals surface area contributed by atoms with Crippen LogP contribution in [0.5, 0.6) is 5.75 Å². The van der Waals surface area contributed by atoms with E-state index in [0.29, 0.717) is 40.6 Å². The molecule has 1 aliphatic rings. The predicted octanol–water partition coefficient (Wildman–Crippen LogP) is 7.12. The number of amides is 1. The quantitative estimate of drug-likeness (QED) is 0.152. The van der Waals surface area contributed by atoms with Crippen molar-refractivity contribution in [2.45, 2.75) is 71.5 Å². The Bertz CT molecular complexity index is 1350. The molecule has 0 aliphatic heterocycles. The molecule has 0 bridgehead atoms. The number of benzene rings is 1. The average Bonchev–Trinajstić information content (AvgIpc) is 3.47. The van der Waals surface area contributed by atoms with Crippen molar-refractivity contribution in [3.05, 3.63) is 52.9 Å². The molecule has 2 aromatic heterocycles. The summed E-state index contributed by atoms with van der Waals surface area (Å²) in [6, 6.07) is 10.2. The first-order chi connectivity index (χ1) is 18.7. The molecule has 3 aromatic rings. The van der Waals surface area contributed by atoms with E-state index in [1.165, 1.54) is 16.6 Å². The van der Waals surface area contributed by atoms with Crippen LogP contribution >= 0.6 is 23.1 Å². The normalized spacial score (nSPS) is 14.9. The van der Waals surface area contributed by atoms with Crippen molar-refractivity contribution in [3.8, 4) is 23.2 Å². The summed E-state index contributed by atoms with van der Waals surface area (Å²) in [5, 5.41) is 22.9. The summed E-state index contributed by atoms with van der Waals surface area (Å²) >= 11 is 2.88. The molecule has 0 fully saturated rings. The molecule has 1 N–H and O–H groups in total. The lowest BCUT2D eigenvalue weighted by Gasteiger charge is -2.33. The van der Waals surface area contributed by atoms with Gasteiger partial charge in [0.2, 0.25) is 5.91 Å². The van der Waals surface area contributed by atoms with Gasteiger partial charge in [0, 0.05) is 17.0 Å². The molecule has 39 heavy (non-hydrogen) atoms. The second kappa shape index (κ2) is 12.8. The fourth-order valence-corrected chi connectivity index (χ4v) is 6.80. The van der Waals surface area contributed by atoms with E-state index in [-0.39, 0.29) is 17.1 Å². The van der Waals surface area contributed by atoms with Crippen LogP contribution in [0.2, 0.25) is 0 Å². The molecule has 0 saturated heterocycles. The molecule has 0 saturated carbocycles. The number of nitriles is 1. The van der Waals surface area contributed by atoms with Gasteiger partial charge in [-0.2, -0.15) is 5.26 Å². The summed E-state index contributed by atoms with van der Waals surface area (Å²) in [6.45, 7) is 14.1. The highest BCUT2D eigenvalue weighted by atomic mass is 32.2. The molecule has 7 nitrogen and oxygen atoms in total. The SMILES string of the molecule is C=CCn1c(SCC(=O)Nc2sc3c(c2C#N)CCC(C(C)(C)C)C3)nnc1-c1ccc(OCCCC)cc1. The largest absolute Gasteiger partial charge is 0.494 e. The average molecular weight is 564 g/mol. The van der Waals surface area contributed by atoms with Gasteiger partial charge in [0.1, 0.15) is 16.8 Å². The third kappa shape index (κ3) is 6.92. The Morgan fingerprint density at radius 3 is 2.77 bits per heavy atom. The Kier molecular flexibility index (Phi) is 9.52. The van der Waals surface area contributed by atoms with Gasteiger partial charge in [0.25, 0.3) is 0 Å². The van der Waals surface area contributed by atoms with Crippen molar-refractivity contribution in [1.82, 2.24) is 14.8 Å². The summed E-state index contributed by atoms with van der Waals surface area (Å²) in [5.74, 6) is 2.12. The Labute approximate surface area is 239 Å². The highest BCUT2D eigenvalue weighted by molar-refractivity contribution is 7.99. The summed E-state index contributed by atoms with van der Waals surface area (Å²) in [4.78, 5) is 14.2. The number of hydrogen-bond donors (Lipinski definition) is 1. The highest BCUT2D eigenvalue weighted by Gasteiger charge is 2.32. The van der Waals surface area contributed by atoms with Gasteiger partial charge in [0.15, 0.2) is 11.0 Å². The van der Waals surface area contributed by atoms with Gasteiger partial charge in [-0.15, -0.1) is 28.1 Å². The first-order valence-corrected chi connectivity index (χ1v) is 15.3. The van der Waals surface area contributed by atoms with Crippen LogP contribution in [-0.4, -0.2) is 33.0 Å². The van der Waals surface area contributed by atoms with E-state index in [2.05, 4.69) is 55.9 Å². The Morgan fingerprint density at radius 1 is 1.33 bits per heavy atom. The third-order valence-corrected chi connectivity index (χ3v) is 9.23. The van der Waals surface area contributed by atoms with E-state index < -0.39 is 0 Å². The molecule has 1 aliphatic carbocycles.